The molecule has 1 atom stereocenters. The van der Waals surface area contributed by atoms with Crippen LogP contribution in [-0.2, 0) is 11.3 Å². The van der Waals surface area contributed by atoms with Crippen molar-refractivity contribution < 1.29 is 9.53 Å². The van der Waals surface area contributed by atoms with Crippen LogP contribution in [0, 0.1) is 0 Å². The van der Waals surface area contributed by atoms with E-state index in [1.54, 1.807) is 14.0 Å². The number of carbonyl (C=O) groups excluding carboxylic acids is 1. The van der Waals surface area contributed by atoms with Crippen LogP contribution in [0.1, 0.15) is 37.8 Å². The van der Waals surface area contributed by atoms with Crippen LogP contribution in [0.2, 0.25) is 0 Å². The number of amides is 1. The molecule has 0 saturated carbocycles. The van der Waals surface area contributed by atoms with Gasteiger partial charge in [0.2, 0.25) is 5.91 Å². The Labute approximate surface area is 109 Å². The van der Waals surface area contributed by atoms with Crippen LogP contribution < -0.4 is 15.8 Å². The van der Waals surface area contributed by atoms with Crippen molar-refractivity contribution >= 4 is 5.91 Å². The highest BCUT2D eigenvalue weighted by Gasteiger charge is 2.10. The van der Waals surface area contributed by atoms with Gasteiger partial charge in [0.15, 0.2) is 0 Å². The van der Waals surface area contributed by atoms with E-state index in [4.69, 9.17) is 10.5 Å². The highest BCUT2D eigenvalue weighted by molar-refractivity contribution is 5.80. The zero-order chi connectivity index (χ0) is 13.7. The minimum Gasteiger partial charge on any atom is -0.496 e. The second-order valence-corrected chi connectivity index (χ2v) is 4.73. The Bertz CT molecular complexity index is 414. The number of hydrogen-bond donors (Lipinski definition) is 2. The van der Waals surface area contributed by atoms with Crippen molar-refractivity contribution in [2.45, 2.75) is 39.3 Å². The Hall–Kier alpha value is -1.55. The summed E-state index contributed by atoms with van der Waals surface area (Å²) in [7, 11) is 1.64. The van der Waals surface area contributed by atoms with Crippen LogP contribution >= 0.6 is 0 Å². The van der Waals surface area contributed by atoms with Crippen molar-refractivity contribution in [3.05, 3.63) is 29.3 Å². The lowest BCUT2D eigenvalue weighted by atomic mass is 10.0. The number of carbonyl (C=O) groups is 1. The largest absolute Gasteiger partial charge is 0.496 e. The third-order valence-electron chi connectivity index (χ3n) is 2.84. The lowest BCUT2D eigenvalue weighted by Crippen LogP contribution is -2.37. The first kappa shape index (κ1) is 14.5. The summed E-state index contributed by atoms with van der Waals surface area (Å²) >= 11 is 0. The van der Waals surface area contributed by atoms with E-state index in [2.05, 4.69) is 25.2 Å². The average Bonchev–Trinajstić information content (AvgIpc) is 2.35. The van der Waals surface area contributed by atoms with E-state index in [0.29, 0.717) is 12.5 Å². The van der Waals surface area contributed by atoms with Crippen molar-refractivity contribution in [1.29, 1.82) is 0 Å². The Morgan fingerprint density at radius 3 is 2.56 bits per heavy atom. The summed E-state index contributed by atoms with van der Waals surface area (Å²) < 4.78 is 5.35. The lowest BCUT2D eigenvalue weighted by Gasteiger charge is -2.14. The first-order chi connectivity index (χ1) is 8.45. The standard InChI is InChI=1S/C14H22N2O2/c1-9(2)11-5-6-12(13(7-11)18-4)8-16-14(17)10(3)15/h5-7,9-10H,8,15H2,1-4H3,(H,16,17). The fraction of sp³-hybridized carbons (Fsp3) is 0.500. The molecule has 4 nitrogen and oxygen atoms in total. The van der Waals surface area contributed by atoms with E-state index in [-0.39, 0.29) is 5.91 Å². The molecule has 1 unspecified atom stereocenters. The summed E-state index contributed by atoms with van der Waals surface area (Å²) in [5.41, 5.74) is 7.66. The SMILES string of the molecule is COc1cc(C(C)C)ccc1CNC(=O)C(C)N. The van der Waals surface area contributed by atoms with Crippen molar-refractivity contribution in [3.8, 4) is 5.75 Å². The number of methoxy groups -OCH3 is 1. The maximum Gasteiger partial charge on any atom is 0.236 e. The smallest absolute Gasteiger partial charge is 0.236 e. The lowest BCUT2D eigenvalue weighted by molar-refractivity contribution is -0.122. The van der Waals surface area contributed by atoms with Gasteiger partial charge in [-0.05, 0) is 24.5 Å². The van der Waals surface area contributed by atoms with E-state index in [0.717, 1.165) is 11.3 Å². The molecule has 3 N–H and O–H groups in total. The highest BCUT2D eigenvalue weighted by atomic mass is 16.5. The Morgan fingerprint density at radius 1 is 1.39 bits per heavy atom. The number of nitrogens with two attached hydrogens (primary N) is 1. The molecule has 1 rings (SSSR count). The molecular weight excluding hydrogens is 228 g/mol. The molecule has 0 spiro atoms. The van der Waals surface area contributed by atoms with E-state index < -0.39 is 6.04 Å². The predicted molar refractivity (Wildman–Crippen MR) is 72.6 cm³/mol. The van der Waals surface area contributed by atoms with Gasteiger partial charge in [0.05, 0.1) is 13.2 Å². The molecule has 0 aliphatic carbocycles. The third kappa shape index (κ3) is 3.74. The predicted octanol–water partition coefficient (Wildman–Crippen LogP) is 1.78. The summed E-state index contributed by atoms with van der Waals surface area (Å²) in [6.45, 7) is 6.36. The molecule has 0 aliphatic heterocycles. The first-order valence-corrected chi connectivity index (χ1v) is 6.15. The van der Waals surface area contributed by atoms with E-state index in [9.17, 15) is 4.79 Å². The minimum absolute atomic E-state index is 0.162. The zero-order valence-electron chi connectivity index (χ0n) is 11.5. The molecule has 1 amide bonds. The molecular formula is C14H22N2O2. The molecule has 1 aromatic carbocycles. The summed E-state index contributed by atoms with van der Waals surface area (Å²) in [4.78, 5) is 11.4. The van der Waals surface area contributed by atoms with Gasteiger partial charge >= 0.3 is 0 Å². The topological polar surface area (TPSA) is 64.3 Å². The summed E-state index contributed by atoms with van der Waals surface area (Å²) in [6, 6.07) is 5.56. The molecule has 0 fully saturated rings. The van der Waals surface area contributed by atoms with Crippen molar-refractivity contribution in [1.82, 2.24) is 5.32 Å². The highest BCUT2D eigenvalue weighted by Crippen LogP contribution is 2.24. The van der Waals surface area contributed by atoms with Crippen LogP contribution in [0.3, 0.4) is 0 Å². The van der Waals surface area contributed by atoms with E-state index in [1.807, 2.05) is 12.1 Å². The third-order valence-corrected chi connectivity index (χ3v) is 2.84. The van der Waals surface area contributed by atoms with Gasteiger partial charge in [-0.15, -0.1) is 0 Å². The van der Waals surface area contributed by atoms with Crippen LogP contribution in [0.4, 0.5) is 0 Å². The summed E-state index contributed by atoms with van der Waals surface area (Å²) in [6.07, 6.45) is 0. The number of benzene rings is 1. The molecule has 18 heavy (non-hydrogen) atoms. The molecule has 0 heterocycles. The van der Waals surface area contributed by atoms with Crippen molar-refractivity contribution in [2.75, 3.05) is 7.11 Å². The van der Waals surface area contributed by atoms with Crippen molar-refractivity contribution in [3.63, 3.8) is 0 Å². The normalized spacial score (nSPS) is 12.3. The summed E-state index contributed by atoms with van der Waals surface area (Å²) in [5, 5.41) is 2.78. The Balaban J connectivity index is 2.80. The van der Waals surface area contributed by atoms with E-state index in [1.165, 1.54) is 5.56 Å². The zero-order valence-corrected chi connectivity index (χ0v) is 11.5. The number of rotatable bonds is 5. The van der Waals surface area contributed by atoms with Gasteiger partial charge in [-0.25, -0.2) is 0 Å². The van der Waals surface area contributed by atoms with Crippen LogP contribution in [0.15, 0.2) is 18.2 Å². The van der Waals surface area contributed by atoms with Gasteiger partial charge in [-0.3, -0.25) is 4.79 Å². The maximum absolute atomic E-state index is 11.4. The fourth-order valence-corrected chi connectivity index (χ4v) is 1.61. The molecule has 0 bridgehead atoms. The van der Waals surface area contributed by atoms with Gasteiger partial charge in [-0.2, -0.15) is 0 Å². The van der Waals surface area contributed by atoms with Crippen LogP contribution in [0.25, 0.3) is 0 Å². The molecule has 0 aliphatic rings. The van der Waals surface area contributed by atoms with Gasteiger partial charge in [0, 0.05) is 12.1 Å². The van der Waals surface area contributed by atoms with Gasteiger partial charge in [-0.1, -0.05) is 26.0 Å². The van der Waals surface area contributed by atoms with Crippen LogP contribution in [-0.4, -0.2) is 19.1 Å². The van der Waals surface area contributed by atoms with E-state index >= 15 is 0 Å². The number of nitrogens with one attached hydrogen (secondary N) is 1. The molecule has 100 valence electrons. The second kappa shape index (κ2) is 6.40. The van der Waals surface area contributed by atoms with Gasteiger partial charge < -0.3 is 15.8 Å². The Kier molecular flexibility index (Phi) is 5.16. The minimum atomic E-state index is -0.495. The maximum atomic E-state index is 11.4. The quantitative estimate of drug-likeness (QED) is 0.837. The molecule has 0 radical (unpaired) electrons. The molecule has 0 aromatic heterocycles. The first-order valence-electron chi connectivity index (χ1n) is 6.15. The monoisotopic (exact) mass is 250 g/mol. The summed E-state index contributed by atoms with van der Waals surface area (Å²) in [5.74, 6) is 1.09. The molecule has 1 aromatic rings. The molecule has 4 heteroatoms. The number of hydrogen-bond acceptors (Lipinski definition) is 3. The number of ether oxygens (including phenoxy) is 1. The second-order valence-electron chi connectivity index (χ2n) is 4.73. The van der Waals surface area contributed by atoms with Crippen LogP contribution in [0.5, 0.6) is 5.75 Å². The van der Waals surface area contributed by atoms with Crippen molar-refractivity contribution in [2.24, 2.45) is 5.73 Å². The fourth-order valence-electron chi connectivity index (χ4n) is 1.61. The van der Waals surface area contributed by atoms with Gasteiger partial charge in [0.25, 0.3) is 0 Å². The molecule has 0 saturated heterocycles. The Morgan fingerprint density at radius 2 is 2.06 bits per heavy atom. The average molecular weight is 250 g/mol. The van der Waals surface area contributed by atoms with Gasteiger partial charge in [0.1, 0.15) is 5.75 Å².